The highest BCUT2D eigenvalue weighted by Gasteiger charge is 2.33. The van der Waals surface area contributed by atoms with E-state index < -0.39 is 5.79 Å². The zero-order chi connectivity index (χ0) is 28.0. The maximum Gasteiger partial charge on any atom is 0.410 e. The number of cyclic esters (lactones) is 1. The highest BCUT2D eigenvalue weighted by molar-refractivity contribution is 5.70. The molecule has 0 unspecified atom stereocenters. The topological polar surface area (TPSA) is 81.0 Å². The van der Waals surface area contributed by atoms with Crippen LogP contribution in [0.15, 0.2) is 66.7 Å². The zero-order valence-electron chi connectivity index (χ0n) is 23.2. The molecule has 0 N–H and O–H groups in total. The number of aryl methyl sites for hydroxylation is 1. The van der Waals surface area contributed by atoms with Crippen LogP contribution in [0.1, 0.15) is 66.2 Å². The molecular formula is C33H36N2O5. The predicted molar refractivity (Wildman–Crippen MR) is 151 cm³/mol. The summed E-state index contributed by atoms with van der Waals surface area (Å²) in [5.74, 6) is 0.175. The lowest BCUT2D eigenvalue weighted by atomic mass is 10.0. The molecule has 1 fully saturated rings. The Bertz CT molecular complexity index is 1380. The van der Waals surface area contributed by atoms with Gasteiger partial charge in [0.25, 0.3) is 0 Å². The third-order valence-corrected chi connectivity index (χ3v) is 7.27. The molecule has 3 aromatic carbocycles. The number of carbonyl (C=O) groups is 1. The van der Waals surface area contributed by atoms with Crippen LogP contribution in [0.4, 0.5) is 4.79 Å². The van der Waals surface area contributed by atoms with Crippen LogP contribution in [0.5, 0.6) is 5.75 Å². The van der Waals surface area contributed by atoms with Crippen LogP contribution in [-0.2, 0) is 40.3 Å². The molecule has 40 heavy (non-hydrogen) atoms. The van der Waals surface area contributed by atoms with E-state index in [0.29, 0.717) is 38.5 Å². The number of fused-ring (bicyclic) bond motifs is 1. The Kier molecular flexibility index (Phi) is 8.69. The van der Waals surface area contributed by atoms with Crippen molar-refractivity contribution in [3.05, 3.63) is 100 Å². The largest absolute Gasteiger partial charge is 0.463 e. The summed E-state index contributed by atoms with van der Waals surface area (Å²) < 4.78 is 23.3. The fraction of sp³-hybridized carbons (Fsp3) is 0.394. The summed E-state index contributed by atoms with van der Waals surface area (Å²) >= 11 is 0. The number of hydrogen-bond acceptors (Lipinski definition) is 6. The van der Waals surface area contributed by atoms with Gasteiger partial charge in [-0.15, -0.1) is 0 Å². The highest BCUT2D eigenvalue weighted by Crippen LogP contribution is 2.35. The molecule has 1 amide bonds. The summed E-state index contributed by atoms with van der Waals surface area (Å²) in [5.41, 5.74) is 6.12. The van der Waals surface area contributed by atoms with E-state index in [9.17, 15) is 4.79 Å². The Morgan fingerprint density at radius 2 is 1.80 bits per heavy atom. The molecular weight excluding hydrogens is 504 g/mol. The summed E-state index contributed by atoms with van der Waals surface area (Å²) in [5, 5.41) is 9.03. The summed E-state index contributed by atoms with van der Waals surface area (Å²) in [6.07, 6.45) is 3.10. The van der Waals surface area contributed by atoms with E-state index in [1.807, 2.05) is 56.3 Å². The van der Waals surface area contributed by atoms with E-state index in [2.05, 4.69) is 30.3 Å². The normalized spacial score (nSPS) is 17.6. The average molecular weight is 541 g/mol. The number of nitrogens with zero attached hydrogens (tertiary/aromatic N) is 2. The minimum atomic E-state index is -0.637. The van der Waals surface area contributed by atoms with Crippen molar-refractivity contribution in [2.75, 3.05) is 19.7 Å². The molecule has 1 atom stereocenters. The number of ether oxygens (including phenoxy) is 4. The summed E-state index contributed by atoms with van der Waals surface area (Å²) in [7, 11) is 0. The van der Waals surface area contributed by atoms with E-state index in [4.69, 9.17) is 24.2 Å². The van der Waals surface area contributed by atoms with Crippen LogP contribution in [0.25, 0.3) is 0 Å². The van der Waals surface area contributed by atoms with Crippen molar-refractivity contribution >= 4 is 6.09 Å². The molecule has 0 spiro atoms. The summed E-state index contributed by atoms with van der Waals surface area (Å²) in [6.45, 7) is 6.64. The lowest BCUT2D eigenvalue weighted by molar-refractivity contribution is -0.180. The van der Waals surface area contributed by atoms with Gasteiger partial charge in [-0.05, 0) is 72.2 Å². The van der Waals surface area contributed by atoms with E-state index in [1.165, 1.54) is 11.1 Å². The van der Waals surface area contributed by atoms with Gasteiger partial charge in [-0.2, -0.15) is 5.26 Å². The molecule has 5 rings (SSSR count). The number of amides is 1. The molecule has 7 nitrogen and oxygen atoms in total. The maximum atomic E-state index is 12.6. The van der Waals surface area contributed by atoms with Crippen molar-refractivity contribution in [2.45, 2.75) is 64.6 Å². The fourth-order valence-corrected chi connectivity index (χ4v) is 5.08. The quantitative estimate of drug-likeness (QED) is 0.259. The van der Waals surface area contributed by atoms with Crippen molar-refractivity contribution in [1.82, 2.24) is 4.90 Å². The van der Waals surface area contributed by atoms with Gasteiger partial charge in [0.15, 0.2) is 0 Å². The van der Waals surface area contributed by atoms with Crippen LogP contribution >= 0.6 is 0 Å². The maximum absolute atomic E-state index is 12.6. The molecule has 2 heterocycles. The zero-order valence-corrected chi connectivity index (χ0v) is 23.2. The smallest absolute Gasteiger partial charge is 0.410 e. The van der Waals surface area contributed by atoms with E-state index in [-0.39, 0.29) is 12.2 Å². The SMILES string of the molecule is CC1(C)OCc2cc([C@@H]3CN(CCc4cccc(COCCCCc5cccc(C#N)c5)c4)C(=O)O3)ccc2O1. The Labute approximate surface area is 236 Å². The third kappa shape index (κ3) is 7.20. The van der Waals surface area contributed by atoms with Crippen molar-refractivity contribution in [2.24, 2.45) is 0 Å². The first-order valence-electron chi connectivity index (χ1n) is 13.9. The minimum Gasteiger partial charge on any atom is -0.463 e. The van der Waals surface area contributed by atoms with E-state index in [1.54, 1.807) is 4.90 Å². The number of carbonyl (C=O) groups excluding carboxylic acids is 1. The Morgan fingerprint density at radius 1 is 1.00 bits per heavy atom. The third-order valence-electron chi connectivity index (χ3n) is 7.27. The molecule has 2 aliphatic heterocycles. The van der Waals surface area contributed by atoms with Gasteiger partial charge < -0.3 is 23.8 Å². The monoisotopic (exact) mass is 540 g/mol. The molecule has 0 saturated carbocycles. The van der Waals surface area contributed by atoms with Gasteiger partial charge in [-0.3, -0.25) is 0 Å². The molecule has 0 bridgehead atoms. The standard InChI is InChI=1S/C33H36N2O5/c1-33(2)38-23-29-19-28(12-13-30(29)40-33)31-21-35(32(36)39-31)15-14-25-9-6-11-27(18-25)22-37-16-4-3-7-24-8-5-10-26(17-24)20-34/h5-6,8-13,17-19,31H,3-4,7,14-16,21-23H2,1-2H3/t31-/m0/s1. The van der Waals surface area contributed by atoms with Crippen molar-refractivity contribution in [1.29, 1.82) is 5.26 Å². The van der Waals surface area contributed by atoms with E-state index in [0.717, 1.165) is 48.1 Å². The van der Waals surface area contributed by atoms with Crippen LogP contribution < -0.4 is 4.74 Å². The second kappa shape index (κ2) is 12.5. The number of nitriles is 1. The predicted octanol–water partition coefficient (Wildman–Crippen LogP) is 6.48. The van der Waals surface area contributed by atoms with Gasteiger partial charge in [-0.25, -0.2) is 4.79 Å². The van der Waals surface area contributed by atoms with E-state index >= 15 is 0 Å². The van der Waals surface area contributed by atoms with Crippen LogP contribution in [0.3, 0.4) is 0 Å². The lowest BCUT2D eigenvalue weighted by Gasteiger charge is -2.32. The van der Waals surface area contributed by atoms with Crippen LogP contribution in [0, 0.1) is 11.3 Å². The van der Waals surface area contributed by atoms with Gasteiger partial charge >= 0.3 is 6.09 Å². The minimum absolute atomic E-state index is 0.282. The lowest BCUT2D eigenvalue weighted by Crippen LogP contribution is -2.35. The number of rotatable bonds is 11. The molecule has 0 aromatic heterocycles. The molecule has 3 aromatic rings. The fourth-order valence-electron chi connectivity index (χ4n) is 5.08. The van der Waals surface area contributed by atoms with Gasteiger partial charge in [0.05, 0.1) is 31.4 Å². The van der Waals surface area contributed by atoms with Gasteiger partial charge in [-0.1, -0.05) is 42.5 Å². The second-order valence-corrected chi connectivity index (χ2v) is 10.9. The van der Waals surface area contributed by atoms with Gasteiger partial charge in [0, 0.05) is 32.6 Å². The van der Waals surface area contributed by atoms with Crippen LogP contribution in [0.2, 0.25) is 0 Å². The average Bonchev–Trinajstić information content (AvgIpc) is 3.33. The van der Waals surface area contributed by atoms with Crippen molar-refractivity contribution < 1.29 is 23.7 Å². The Hall–Kier alpha value is -3.86. The van der Waals surface area contributed by atoms with Gasteiger partial charge in [0.2, 0.25) is 5.79 Å². The molecule has 7 heteroatoms. The molecule has 0 aliphatic carbocycles. The van der Waals surface area contributed by atoms with Crippen molar-refractivity contribution in [3.63, 3.8) is 0 Å². The number of unbranched alkanes of at least 4 members (excludes halogenated alkanes) is 1. The summed E-state index contributed by atoms with van der Waals surface area (Å²) in [6, 6.07) is 24.2. The number of hydrogen-bond donors (Lipinski definition) is 0. The number of benzene rings is 3. The van der Waals surface area contributed by atoms with Crippen LogP contribution in [-0.4, -0.2) is 36.5 Å². The van der Waals surface area contributed by atoms with Crippen molar-refractivity contribution in [3.8, 4) is 11.8 Å². The Morgan fingerprint density at radius 3 is 2.65 bits per heavy atom. The second-order valence-electron chi connectivity index (χ2n) is 10.9. The first-order chi connectivity index (χ1) is 19.4. The summed E-state index contributed by atoms with van der Waals surface area (Å²) in [4.78, 5) is 14.4. The molecule has 208 valence electrons. The molecule has 1 saturated heterocycles. The first-order valence-corrected chi connectivity index (χ1v) is 13.9. The first kappa shape index (κ1) is 27.7. The highest BCUT2D eigenvalue weighted by atomic mass is 16.7. The van der Waals surface area contributed by atoms with Gasteiger partial charge in [0.1, 0.15) is 11.9 Å². The molecule has 0 radical (unpaired) electrons. The Balaban J connectivity index is 1.05. The molecule has 2 aliphatic rings.